The quantitative estimate of drug-likeness (QED) is 0.730. The van der Waals surface area contributed by atoms with Gasteiger partial charge in [0.05, 0.1) is 6.10 Å². The Balaban J connectivity index is 1.64. The highest BCUT2D eigenvalue weighted by Crippen LogP contribution is 2.21. The van der Waals surface area contributed by atoms with Crippen LogP contribution in [-0.2, 0) is 11.2 Å². The number of halogens is 1. The first-order chi connectivity index (χ1) is 11.1. The molecule has 0 aliphatic heterocycles. The largest absolute Gasteiger partial charge is 0.391 e. The van der Waals surface area contributed by atoms with Crippen LogP contribution in [0.2, 0.25) is 0 Å². The van der Waals surface area contributed by atoms with Gasteiger partial charge in [-0.15, -0.1) is 11.8 Å². The summed E-state index contributed by atoms with van der Waals surface area (Å²) in [5.41, 5.74) is 1.03. The zero-order chi connectivity index (χ0) is 16.5. The summed E-state index contributed by atoms with van der Waals surface area (Å²) in [6.45, 7) is 0.220. The lowest BCUT2D eigenvalue weighted by molar-refractivity contribution is -0.121. The van der Waals surface area contributed by atoms with Gasteiger partial charge in [0.15, 0.2) is 0 Å². The summed E-state index contributed by atoms with van der Waals surface area (Å²) >= 11 is 1.31. The summed E-state index contributed by atoms with van der Waals surface area (Å²) in [4.78, 5) is 12.3. The van der Waals surface area contributed by atoms with Crippen LogP contribution in [0.4, 0.5) is 4.39 Å². The number of carbonyl (C=O) groups is 1. The van der Waals surface area contributed by atoms with Crippen molar-refractivity contribution in [3.63, 3.8) is 0 Å². The van der Waals surface area contributed by atoms with Gasteiger partial charge in [0, 0.05) is 30.0 Å². The summed E-state index contributed by atoms with van der Waals surface area (Å²) < 4.78 is 13.4. The van der Waals surface area contributed by atoms with Crippen molar-refractivity contribution in [2.45, 2.75) is 23.8 Å². The van der Waals surface area contributed by atoms with E-state index in [4.69, 9.17) is 0 Å². The zero-order valence-electron chi connectivity index (χ0n) is 12.7. The summed E-state index contributed by atoms with van der Waals surface area (Å²) in [6.07, 6.45) is 0.183. The van der Waals surface area contributed by atoms with Gasteiger partial charge in [0.1, 0.15) is 5.82 Å². The highest BCUT2D eigenvalue weighted by Gasteiger charge is 2.09. The molecule has 3 nitrogen and oxygen atoms in total. The molecule has 0 saturated carbocycles. The molecule has 0 heterocycles. The Bertz CT molecular complexity index is 621. The third kappa shape index (κ3) is 6.42. The van der Waals surface area contributed by atoms with Gasteiger partial charge in [-0.2, -0.15) is 0 Å². The number of aliphatic hydroxyl groups excluding tert-OH is 1. The number of nitrogens with one attached hydrogen (secondary N) is 1. The summed E-state index contributed by atoms with van der Waals surface area (Å²) in [7, 11) is 0. The van der Waals surface area contributed by atoms with E-state index in [1.54, 1.807) is 18.2 Å². The van der Waals surface area contributed by atoms with Crippen molar-refractivity contribution in [3.8, 4) is 0 Å². The molecule has 0 radical (unpaired) electrons. The van der Waals surface area contributed by atoms with E-state index in [-0.39, 0.29) is 24.7 Å². The van der Waals surface area contributed by atoms with E-state index >= 15 is 0 Å². The van der Waals surface area contributed by atoms with Crippen molar-refractivity contribution < 1.29 is 14.3 Å². The molecule has 2 rings (SSSR count). The number of amides is 1. The molecule has 2 aromatic rings. The zero-order valence-corrected chi connectivity index (χ0v) is 13.6. The van der Waals surface area contributed by atoms with E-state index in [1.807, 2.05) is 30.3 Å². The Morgan fingerprint density at radius 1 is 1.13 bits per heavy atom. The number of aliphatic hydroxyl groups is 1. The lowest BCUT2D eigenvalue weighted by Crippen LogP contribution is -2.33. The Labute approximate surface area is 139 Å². The smallest absolute Gasteiger partial charge is 0.220 e. The monoisotopic (exact) mass is 333 g/mol. The van der Waals surface area contributed by atoms with E-state index in [0.29, 0.717) is 17.1 Å². The third-order valence-electron chi connectivity index (χ3n) is 3.27. The maximum Gasteiger partial charge on any atom is 0.220 e. The molecular formula is C18H20FNO2S. The molecule has 0 bridgehead atoms. The van der Waals surface area contributed by atoms with Crippen molar-refractivity contribution in [3.05, 3.63) is 66.0 Å². The molecule has 5 heteroatoms. The molecule has 2 aromatic carbocycles. The molecule has 122 valence electrons. The molecule has 0 saturated heterocycles. The topological polar surface area (TPSA) is 49.3 Å². The fraction of sp³-hybridized carbons (Fsp3) is 0.278. The number of carbonyl (C=O) groups excluding carboxylic acids is 1. The first-order valence-corrected chi connectivity index (χ1v) is 8.49. The molecule has 2 N–H and O–H groups in total. The van der Waals surface area contributed by atoms with Gasteiger partial charge in [-0.3, -0.25) is 4.79 Å². The van der Waals surface area contributed by atoms with Gasteiger partial charge in [-0.05, 0) is 17.7 Å². The molecular weight excluding hydrogens is 313 g/mol. The van der Waals surface area contributed by atoms with Crippen molar-refractivity contribution >= 4 is 17.7 Å². The minimum atomic E-state index is -0.611. The minimum Gasteiger partial charge on any atom is -0.391 e. The predicted octanol–water partition coefficient (Wildman–Crippen LogP) is 3.03. The van der Waals surface area contributed by atoms with Gasteiger partial charge in [0.2, 0.25) is 5.91 Å². The van der Waals surface area contributed by atoms with Crippen LogP contribution in [0.1, 0.15) is 12.0 Å². The summed E-state index contributed by atoms with van der Waals surface area (Å²) in [5.74, 6) is 0.0961. The van der Waals surface area contributed by atoms with E-state index in [2.05, 4.69) is 5.32 Å². The fourth-order valence-electron chi connectivity index (χ4n) is 2.09. The van der Waals surface area contributed by atoms with Gasteiger partial charge in [-0.25, -0.2) is 4.39 Å². The van der Waals surface area contributed by atoms with Gasteiger partial charge >= 0.3 is 0 Å². The molecule has 0 fully saturated rings. The van der Waals surface area contributed by atoms with Crippen LogP contribution >= 0.6 is 11.8 Å². The van der Waals surface area contributed by atoms with Gasteiger partial charge in [-0.1, -0.05) is 42.5 Å². The first kappa shape index (κ1) is 17.5. The summed E-state index contributed by atoms with van der Waals surface area (Å²) in [5, 5.41) is 12.6. The van der Waals surface area contributed by atoms with Crippen LogP contribution in [0.3, 0.4) is 0 Å². The number of rotatable bonds is 8. The molecule has 1 amide bonds. The molecule has 0 aromatic heterocycles. The molecule has 1 unspecified atom stereocenters. The maximum atomic E-state index is 13.4. The van der Waals surface area contributed by atoms with E-state index in [9.17, 15) is 14.3 Å². The van der Waals surface area contributed by atoms with E-state index in [1.165, 1.54) is 17.8 Å². The number of hydrogen-bond acceptors (Lipinski definition) is 3. The summed E-state index contributed by atoms with van der Waals surface area (Å²) in [6, 6.07) is 16.1. The third-order valence-corrected chi connectivity index (χ3v) is 4.32. The Morgan fingerprint density at radius 2 is 1.83 bits per heavy atom. The number of thioether (sulfide) groups is 1. The highest BCUT2D eigenvalue weighted by molar-refractivity contribution is 7.99. The van der Waals surface area contributed by atoms with Crippen LogP contribution in [0.5, 0.6) is 0 Å². The Morgan fingerprint density at radius 3 is 2.57 bits per heavy atom. The van der Waals surface area contributed by atoms with Crippen LogP contribution in [0.15, 0.2) is 59.5 Å². The average molecular weight is 333 g/mol. The second kappa shape index (κ2) is 9.33. The van der Waals surface area contributed by atoms with Crippen LogP contribution < -0.4 is 5.32 Å². The fourth-order valence-corrected chi connectivity index (χ4v) is 2.98. The van der Waals surface area contributed by atoms with Crippen molar-refractivity contribution in [2.75, 3.05) is 12.3 Å². The standard InChI is InChI=1S/C18H20FNO2S/c19-16-8-4-5-9-17(16)23-11-10-18(22)20-13-15(21)12-14-6-2-1-3-7-14/h1-9,15,21H,10-13H2,(H,20,22). The molecule has 0 aliphatic rings. The molecule has 1 atom stereocenters. The van der Waals surface area contributed by atoms with Crippen molar-refractivity contribution in [1.29, 1.82) is 0 Å². The Kier molecular flexibility index (Phi) is 7.10. The van der Waals surface area contributed by atoms with Gasteiger partial charge in [0.25, 0.3) is 0 Å². The normalized spacial score (nSPS) is 11.9. The van der Waals surface area contributed by atoms with E-state index in [0.717, 1.165) is 5.56 Å². The lowest BCUT2D eigenvalue weighted by atomic mass is 10.1. The number of benzene rings is 2. The minimum absolute atomic E-state index is 0.138. The second-order valence-corrected chi connectivity index (χ2v) is 6.31. The second-order valence-electron chi connectivity index (χ2n) is 5.18. The Hall–Kier alpha value is -1.85. The highest BCUT2D eigenvalue weighted by atomic mass is 32.2. The molecule has 0 spiro atoms. The van der Waals surface area contributed by atoms with E-state index < -0.39 is 6.10 Å². The number of hydrogen-bond donors (Lipinski definition) is 2. The van der Waals surface area contributed by atoms with Crippen molar-refractivity contribution in [2.24, 2.45) is 0 Å². The predicted molar refractivity (Wildman–Crippen MR) is 90.9 cm³/mol. The maximum absolute atomic E-state index is 13.4. The van der Waals surface area contributed by atoms with Crippen LogP contribution in [0.25, 0.3) is 0 Å². The average Bonchev–Trinajstić information content (AvgIpc) is 2.56. The SMILES string of the molecule is O=C(CCSc1ccccc1F)NCC(O)Cc1ccccc1. The lowest BCUT2D eigenvalue weighted by Gasteiger charge is -2.12. The first-order valence-electron chi connectivity index (χ1n) is 7.51. The molecule has 23 heavy (non-hydrogen) atoms. The molecule has 0 aliphatic carbocycles. The van der Waals surface area contributed by atoms with Gasteiger partial charge < -0.3 is 10.4 Å². The van der Waals surface area contributed by atoms with Crippen LogP contribution in [-0.4, -0.2) is 29.4 Å². The van der Waals surface area contributed by atoms with Crippen molar-refractivity contribution in [1.82, 2.24) is 5.32 Å². The van der Waals surface area contributed by atoms with Crippen LogP contribution in [0, 0.1) is 5.82 Å².